The molecular formula is C37H39N5O6S. The maximum absolute atomic E-state index is 12.4. The summed E-state index contributed by atoms with van der Waals surface area (Å²) in [7, 11) is 0. The summed E-state index contributed by atoms with van der Waals surface area (Å²) in [5.74, 6) is -0.376. The van der Waals surface area contributed by atoms with Crippen LogP contribution in [-0.2, 0) is 9.47 Å². The van der Waals surface area contributed by atoms with E-state index in [2.05, 4.69) is 26.3 Å². The average molecular weight is 682 g/mol. The van der Waals surface area contributed by atoms with E-state index < -0.39 is 23.4 Å². The van der Waals surface area contributed by atoms with E-state index in [0.717, 1.165) is 10.1 Å². The van der Waals surface area contributed by atoms with Gasteiger partial charge < -0.3 is 20.1 Å². The lowest BCUT2D eigenvalue weighted by molar-refractivity contribution is 0.0624. The van der Waals surface area contributed by atoms with E-state index in [0.29, 0.717) is 33.2 Å². The zero-order valence-corrected chi connectivity index (χ0v) is 28.9. The fourth-order valence-electron chi connectivity index (χ4n) is 4.11. The predicted octanol–water partition coefficient (Wildman–Crippen LogP) is 9.18. The number of fused-ring (bicyclic) bond motifs is 1. The second-order valence-electron chi connectivity index (χ2n) is 12.7. The number of nitrogens with one attached hydrogen (secondary N) is 4. The first kappa shape index (κ1) is 36.1. The van der Waals surface area contributed by atoms with Crippen molar-refractivity contribution in [2.24, 2.45) is 0 Å². The molecule has 5 rings (SSSR count). The molecule has 0 aliphatic rings. The average Bonchev–Trinajstić information content (AvgIpc) is 3.47. The number of nitrogens with zero attached hydrogens (tertiary/aromatic N) is 1. The number of ether oxygens (including phenoxy) is 2. The molecule has 12 heteroatoms. The topological polar surface area (TPSA) is 148 Å². The number of hydrogen-bond donors (Lipinski definition) is 4. The summed E-state index contributed by atoms with van der Waals surface area (Å²) < 4.78 is 11.5. The fourth-order valence-corrected chi connectivity index (χ4v) is 5.07. The molecule has 49 heavy (non-hydrogen) atoms. The van der Waals surface area contributed by atoms with Gasteiger partial charge in [-0.15, -0.1) is 11.3 Å². The SMILES string of the molecule is CC(C)(C)OC(=O)Nc1ccc(NC(=O)c2cc3ccccc3s2)cc1.CC(C)(C)OC(=O)Nc1ccc(NC(=O)c2ccncc2)cc1. The summed E-state index contributed by atoms with van der Waals surface area (Å²) in [5.41, 5.74) is 1.88. The molecule has 5 aromatic rings. The predicted molar refractivity (Wildman–Crippen MR) is 195 cm³/mol. The summed E-state index contributed by atoms with van der Waals surface area (Å²) in [5, 5.41) is 12.0. The molecule has 0 fully saturated rings. The Morgan fingerprint density at radius 2 is 1.00 bits per heavy atom. The third-order valence-electron chi connectivity index (χ3n) is 6.17. The first-order valence-corrected chi connectivity index (χ1v) is 16.2. The summed E-state index contributed by atoms with van der Waals surface area (Å²) in [6.45, 7) is 10.8. The second-order valence-corrected chi connectivity index (χ2v) is 13.8. The van der Waals surface area contributed by atoms with Gasteiger partial charge in [0.05, 0.1) is 4.88 Å². The Morgan fingerprint density at radius 1 is 0.571 bits per heavy atom. The summed E-state index contributed by atoms with van der Waals surface area (Å²) in [4.78, 5) is 52.4. The third-order valence-corrected chi connectivity index (χ3v) is 7.28. The number of thiophene rings is 1. The molecule has 0 saturated heterocycles. The van der Waals surface area contributed by atoms with Crippen LogP contribution in [0.4, 0.5) is 32.3 Å². The van der Waals surface area contributed by atoms with Gasteiger partial charge in [-0.1, -0.05) is 18.2 Å². The molecule has 0 aliphatic heterocycles. The van der Waals surface area contributed by atoms with E-state index in [1.54, 1.807) is 115 Å². The van der Waals surface area contributed by atoms with Crippen molar-refractivity contribution in [3.05, 3.63) is 114 Å². The van der Waals surface area contributed by atoms with Crippen molar-refractivity contribution in [3.63, 3.8) is 0 Å². The van der Waals surface area contributed by atoms with Crippen molar-refractivity contribution in [2.45, 2.75) is 52.7 Å². The maximum Gasteiger partial charge on any atom is 0.412 e. The number of carbonyl (C=O) groups is 4. The van der Waals surface area contributed by atoms with Crippen LogP contribution in [0.5, 0.6) is 0 Å². The lowest BCUT2D eigenvalue weighted by atomic mass is 10.2. The Morgan fingerprint density at radius 3 is 1.45 bits per heavy atom. The van der Waals surface area contributed by atoms with Crippen molar-refractivity contribution in [1.82, 2.24) is 4.98 Å². The van der Waals surface area contributed by atoms with Crippen LogP contribution in [0.25, 0.3) is 10.1 Å². The molecule has 0 radical (unpaired) electrons. The lowest BCUT2D eigenvalue weighted by Crippen LogP contribution is -2.27. The Labute approximate surface area is 289 Å². The highest BCUT2D eigenvalue weighted by Gasteiger charge is 2.17. The highest BCUT2D eigenvalue weighted by molar-refractivity contribution is 7.20. The Balaban J connectivity index is 0.000000223. The standard InChI is InChI=1S/C20H20N2O3S.C17H19N3O3/c1-20(2,3)25-19(24)22-15-10-8-14(9-11-15)21-18(23)17-12-13-6-4-5-7-16(13)26-17;1-17(2,3)23-16(22)20-14-6-4-13(5-7-14)19-15(21)12-8-10-18-11-9-12/h4-12H,1-3H3,(H,21,23)(H,22,24);4-11H,1-3H3,(H,19,21)(H,20,22). The molecule has 4 amide bonds. The number of pyridine rings is 1. The van der Waals surface area contributed by atoms with E-state index in [-0.39, 0.29) is 11.8 Å². The molecular weight excluding hydrogens is 643 g/mol. The molecule has 0 aliphatic carbocycles. The number of anilines is 4. The molecule has 11 nitrogen and oxygen atoms in total. The molecule has 2 heterocycles. The quantitative estimate of drug-likeness (QED) is 0.140. The van der Waals surface area contributed by atoms with Gasteiger partial charge in [-0.3, -0.25) is 25.2 Å². The Hall–Kier alpha value is -5.75. The number of amides is 4. The summed E-state index contributed by atoms with van der Waals surface area (Å²) >= 11 is 1.46. The van der Waals surface area contributed by atoms with Crippen LogP contribution in [0, 0.1) is 0 Å². The lowest BCUT2D eigenvalue weighted by Gasteiger charge is -2.19. The minimum absolute atomic E-state index is 0.154. The molecule has 4 N–H and O–H groups in total. The van der Waals surface area contributed by atoms with Crippen molar-refractivity contribution in [3.8, 4) is 0 Å². The molecule has 0 spiro atoms. The molecule has 0 atom stereocenters. The van der Waals surface area contributed by atoms with Crippen LogP contribution >= 0.6 is 11.3 Å². The van der Waals surface area contributed by atoms with Crippen molar-refractivity contribution >= 4 is 68.2 Å². The maximum atomic E-state index is 12.4. The molecule has 0 unspecified atom stereocenters. The first-order valence-electron chi connectivity index (χ1n) is 15.3. The van der Waals surface area contributed by atoms with Gasteiger partial charge in [-0.05, 0) is 120 Å². The highest BCUT2D eigenvalue weighted by atomic mass is 32.1. The van der Waals surface area contributed by atoms with Gasteiger partial charge >= 0.3 is 12.2 Å². The normalized spacial score (nSPS) is 11.0. The van der Waals surface area contributed by atoms with Crippen molar-refractivity contribution < 1.29 is 28.7 Å². The minimum atomic E-state index is -0.553. The van der Waals surface area contributed by atoms with Crippen LogP contribution in [0.15, 0.2) is 103 Å². The van der Waals surface area contributed by atoms with Gasteiger partial charge in [-0.2, -0.15) is 0 Å². The second kappa shape index (κ2) is 15.9. The zero-order chi connectivity index (χ0) is 35.6. The van der Waals surface area contributed by atoms with Gasteiger partial charge in [0.15, 0.2) is 0 Å². The van der Waals surface area contributed by atoms with E-state index >= 15 is 0 Å². The van der Waals surface area contributed by atoms with Gasteiger partial charge in [0.1, 0.15) is 11.2 Å². The number of rotatable bonds is 6. The van der Waals surface area contributed by atoms with Gasteiger partial charge in [-0.25, -0.2) is 9.59 Å². The van der Waals surface area contributed by atoms with Crippen LogP contribution in [-0.4, -0.2) is 40.2 Å². The largest absolute Gasteiger partial charge is 0.444 e. The number of benzene rings is 3. The molecule has 254 valence electrons. The van der Waals surface area contributed by atoms with E-state index in [1.165, 1.54) is 11.3 Å². The number of aromatic nitrogens is 1. The Kier molecular flexibility index (Phi) is 11.7. The van der Waals surface area contributed by atoms with Crippen molar-refractivity contribution in [2.75, 3.05) is 21.3 Å². The van der Waals surface area contributed by atoms with Crippen LogP contribution < -0.4 is 21.3 Å². The van der Waals surface area contributed by atoms with Crippen molar-refractivity contribution in [1.29, 1.82) is 0 Å². The fraction of sp³-hybridized carbons (Fsp3) is 0.216. The molecule has 0 saturated carbocycles. The van der Waals surface area contributed by atoms with Crippen LogP contribution in [0.3, 0.4) is 0 Å². The van der Waals surface area contributed by atoms with E-state index in [4.69, 9.17) is 9.47 Å². The Bertz CT molecular complexity index is 1860. The molecule has 2 aromatic heterocycles. The number of carbonyl (C=O) groups excluding carboxylic acids is 4. The third kappa shape index (κ3) is 12.1. The van der Waals surface area contributed by atoms with E-state index in [1.807, 2.05) is 30.3 Å². The first-order chi connectivity index (χ1) is 23.1. The smallest absolute Gasteiger partial charge is 0.412 e. The summed E-state index contributed by atoms with van der Waals surface area (Å²) in [6.07, 6.45) is 2.08. The molecule has 3 aromatic carbocycles. The zero-order valence-electron chi connectivity index (χ0n) is 28.1. The van der Waals surface area contributed by atoms with Gasteiger partial charge in [0, 0.05) is 45.4 Å². The summed E-state index contributed by atoms with van der Waals surface area (Å²) in [6, 6.07) is 26.7. The van der Waals surface area contributed by atoms with Gasteiger partial charge in [0.25, 0.3) is 11.8 Å². The number of hydrogen-bond acceptors (Lipinski definition) is 8. The highest BCUT2D eigenvalue weighted by Crippen LogP contribution is 2.26. The van der Waals surface area contributed by atoms with E-state index in [9.17, 15) is 19.2 Å². The van der Waals surface area contributed by atoms with Crippen LogP contribution in [0.2, 0.25) is 0 Å². The molecule has 0 bridgehead atoms. The van der Waals surface area contributed by atoms with Crippen LogP contribution in [0.1, 0.15) is 61.6 Å². The van der Waals surface area contributed by atoms with Gasteiger partial charge in [0.2, 0.25) is 0 Å². The minimum Gasteiger partial charge on any atom is -0.444 e. The monoisotopic (exact) mass is 681 g/mol.